The fourth-order valence-corrected chi connectivity index (χ4v) is 2.17. The lowest BCUT2D eigenvalue weighted by atomic mass is 10.2. The molecule has 2 aromatic heterocycles. The molecular formula is C15H18N4O. The first kappa shape index (κ1) is 12.9. The van der Waals surface area contributed by atoms with Crippen LogP contribution in [0.3, 0.4) is 0 Å². The highest BCUT2D eigenvalue weighted by Gasteiger charge is 2.14. The quantitative estimate of drug-likeness (QED) is 0.774. The molecule has 5 heteroatoms. The Morgan fingerprint density at radius 3 is 2.85 bits per heavy atom. The van der Waals surface area contributed by atoms with Gasteiger partial charge in [-0.1, -0.05) is 12.1 Å². The topological polar surface area (TPSA) is 55.9 Å². The van der Waals surface area contributed by atoms with Crippen molar-refractivity contribution in [2.24, 2.45) is 0 Å². The summed E-state index contributed by atoms with van der Waals surface area (Å²) in [4.78, 5) is 4.46. The number of para-hydroxylation sites is 2. The van der Waals surface area contributed by atoms with E-state index in [0.29, 0.717) is 12.4 Å². The maximum atomic E-state index is 5.69. The van der Waals surface area contributed by atoms with Crippen molar-refractivity contribution in [1.29, 1.82) is 0 Å². The molecule has 5 nitrogen and oxygen atoms in total. The van der Waals surface area contributed by atoms with Gasteiger partial charge < -0.3 is 9.73 Å². The van der Waals surface area contributed by atoms with Gasteiger partial charge in [0.2, 0.25) is 5.89 Å². The summed E-state index contributed by atoms with van der Waals surface area (Å²) in [5.41, 5.74) is 1.73. The zero-order valence-corrected chi connectivity index (χ0v) is 11.7. The highest BCUT2D eigenvalue weighted by molar-refractivity contribution is 5.72. The van der Waals surface area contributed by atoms with Crippen LogP contribution in [-0.4, -0.2) is 20.8 Å². The highest BCUT2D eigenvalue weighted by atomic mass is 16.3. The molecule has 0 bridgehead atoms. The Kier molecular flexibility index (Phi) is 3.52. The van der Waals surface area contributed by atoms with Crippen LogP contribution in [0.15, 0.2) is 47.1 Å². The molecule has 0 saturated carbocycles. The fourth-order valence-electron chi connectivity index (χ4n) is 2.17. The van der Waals surface area contributed by atoms with Gasteiger partial charge in [-0.25, -0.2) is 4.98 Å². The molecule has 3 rings (SSSR count). The van der Waals surface area contributed by atoms with E-state index >= 15 is 0 Å². The first-order valence-corrected chi connectivity index (χ1v) is 6.81. The summed E-state index contributed by atoms with van der Waals surface area (Å²) in [6, 6.07) is 10.3. The summed E-state index contributed by atoms with van der Waals surface area (Å²) in [5, 5.41) is 7.70. The minimum atomic E-state index is 0.268. The number of benzene rings is 1. The zero-order valence-electron chi connectivity index (χ0n) is 11.7. The molecule has 0 amide bonds. The Balaban J connectivity index is 1.64. The van der Waals surface area contributed by atoms with Crippen molar-refractivity contribution < 1.29 is 4.42 Å². The third-order valence-electron chi connectivity index (χ3n) is 3.58. The van der Waals surface area contributed by atoms with E-state index in [1.165, 1.54) is 0 Å². The van der Waals surface area contributed by atoms with Crippen LogP contribution in [0.4, 0.5) is 0 Å². The third-order valence-corrected chi connectivity index (χ3v) is 3.58. The standard InChI is InChI=1S/C15H18N4O/c1-11(12(2)19-9-5-8-17-19)16-10-15-18-13-6-3-4-7-14(13)20-15/h3-9,11-12,16H,10H2,1-2H3/t11-,12-/m1/s1. The third kappa shape index (κ3) is 2.58. The summed E-state index contributed by atoms with van der Waals surface area (Å²) in [6.45, 7) is 4.88. The molecule has 3 aromatic rings. The Hall–Kier alpha value is -2.14. The van der Waals surface area contributed by atoms with Crippen molar-refractivity contribution in [3.63, 3.8) is 0 Å². The molecule has 0 spiro atoms. The van der Waals surface area contributed by atoms with Gasteiger partial charge >= 0.3 is 0 Å². The number of aromatic nitrogens is 3. The molecule has 0 aliphatic heterocycles. The Labute approximate surface area is 117 Å². The van der Waals surface area contributed by atoms with E-state index in [-0.39, 0.29) is 12.1 Å². The smallest absolute Gasteiger partial charge is 0.209 e. The number of hydrogen-bond acceptors (Lipinski definition) is 4. The van der Waals surface area contributed by atoms with Crippen LogP contribution in [0.1, 0.15) is 25.8 Å². The summed E-state index contributed by atoms with van der Waals surface area (Å²) < 4.78 is 7.64. The molecule has 0 radical (unpaired) electrons. The van der Waals surface area contributed by atoms with Crippen molar-refractivity contribution >= 4 is 11.1 Å². The number of nitrogens with one attached hydrogen (secondary N) is 1. The summed E-state index contributed by atoms with van der Waals surface area (Å²) in [6.07, 6.45) is 3.77. The molecular weight excluding hydrogens is 252 g/mol. The second-order valence-corrected chi connectivity index (χ2v) is 4.97. The molecule has 104 valence electrons. The van der Waals surface area contributed by atoms with Crippen molar-refractivity contribution in [1.82, 2.24) is 20.1 Å². The molecule has 20 heavy (non-hydrogen) atoms. The van der Waals surface area contributed by atoms with E-state index in [1.54, 1.807) is 6.20 Å². The van der Waals surface area contributed by atoms with Gasteiger partial charge in [0.25, 0.3) is 0 Å². The normalized spacial score (nSPS) is 14.5. The minimum absolute atomic E-state index is 0.268. The van der Waals surface area contributed by atoms with E-state index in [4.69, 9.17) is 4.42 Å². The van der Waals surface area contributed by atoms with Gasteiger partial charge in [0.05, 0.1) is 12.6 Å². The average molecular weight is 270 g/mol. The van der Waals surface area contributed by atoms with Crippen molar-refractivity contribution in [3.8, 4) is 0 Å². The van der Waals surface area contributed by atoms with Crippen LogP contribution in [-0.2, 0) is 6.54 Å². The van der Waals surface area contributed by atoms with Crippen molar-refractivity contribution in [2.45, 2.75) is 32.5 Å². The Morgan fingerprint density at radius 1 is 1.25 bits per heavy atom. The first-order valence-electron chi connectivity index (χ1n) is 6.81. The van der Waals surface area contributed by atoms with E-state index in [9.17, 15) is 0 Å². The van der Waals surface area contributed by atoms with Gasteiger partial charge in [-0.15, -0.1) is 0 Å². The monoisotopic (exact) mass is 270 g/mol. The molecule has 0 unspecified atom stereocenters. The molecule has 0 fully saturated rings. The average Bonchev–Trinajstić information content (AvgIpc) is 3.12. The van der Waals surface area contributed by atoms with Crippen LogP contribution in [0.5, 0.6) is 0 Å². The number of nitrogens with zero attached hydrogens (tertiary/aromatic N) is 3. The number of oxazole rings is 1. The zero-order chi connectivity index (χ0) is 13.9. The largest absolute Gasteiger partial charge is 0.439 e. The van der Waals surface area contributed by atoms with Crippen LogP contribution in [0.25, 0.3) is 11.1 Å². The molecule has 0 aliphatic rings. The van der Waals surface area contributed by atoms with Gasteiger partial charge in [-0.3, -0.25) is 4.68 Å². The lowest BCUT2D eigenvalue weighted by molar-refractivity contribution is 0.350. The van der Waals surface area contributed by atoms with Gasteiger partial charge in [-0.2, -0.15) is 5.10 Å². The molecule has 0 aliphatic carbocycles. The summed E-state index contributed by atoms with van der Waals surface area (Å²) in [5.74, 6) is 0.714. The van der Waals surface area contributed by atoms with E-state index < -0.39 is 0 Å². The summed E-state index contributed by atoms with van der Waals surface area (Å²) in [7, 11) is 0. The van der Waals surface area contributed by atoms with Crippen LogP contribution < -0.4 is 5.32 Å². The predicted molar refractivity (Wildman–Crippen MR) is 77.2 cm³/mol. The van der Waals surface area contributed by atoms with Crippen molar-refractivity contribution in [2.75, 3.05) is 0 Å². The number of rotatable bonds is 5. The van der Waals surface area contributed by atoms with Gasteiger partial charge in [-0.05, 0) is 32.0 Å². The second-order valence-electron chi connectivity index (χ2n) is 4.97. The Bertz CT molecular complexity index is 641. The molecule has 1 N–H and O–H groups in total. The van der Waals surface area contributed by atoms with Crippen LogP contribution in [0, 0.1) is 0 Å². The first-order chi connectivity index (χ1) is 9.74. The lowest BCUT2D eigenvalue weighted by Gasteiger charge is -2.21. The van der Waals surface area contributed by atoms with Crippen LogP contribution in [0.2, 0.25) is 0 Å². The van der Waals surface area contributed by atoms with E-state index in [2.05, 4.69) is 29.2 Å². The Morgan fingerprint density at radius 2 is 2.10 bits per heavy atom. The van der Waals surface area contributed by atoms with Crippen LogP contribution >= 0.6 is 0 Å². The maximum absolute atomic E-state index is 5.69. The summed E-state index contributed by atoms with van der Waals surface area (Å²) >= 11 is 0. The second kappa shape index (κ2) is 5.46. The van der Waals surface area contributed by atoms with Gasteiger partial charge in [0.15, 0.2) is 5.58 Å². The van der Waals surface area contributed by atoms with Gasteiger partial charge in [0.1, 0.15) is 5.52 Å². The highest BCUT2D eigenvalue weighted by Crippen LogP contribution is 2.15. The number of fused-ring (bicyclic) bond motifs is 1. The molecule has 2 atom stereocenters. The van der Waals surface area contributed by atoms with Crippen molar-refractivity contribution in [3.05, 3.63) is 48.6 Å². The number of hydrogen-bond donors (Lipinski definition) is 1. The fraction of sp³-hybridized carbons (Fsp3) is 0.333. The van der Waals surface area contributed by atoms with Gasteiger partial charge in [0, 0.05) is 18.4 Å². The molecule has 1 aromatic carbocycles. The molecule has 2 heterocycles. The van der Waals surface area contributed by atoms with E-state index in [0.717, 1.165) is 11.1 Å². The molecule has 0 saturated heterocycles. The maximum Gasteiger partial charge on any atom is 0.209 e. The van der Waals surface area contributed by atoms with E-state index in [1.807, 2.05) is 41.2 Å². The lowest BCUT2D eigenvalue weighted by Crippen LogP contribution is -2.33. The SMILES string of the molecule is C[C@H]([C@@H](C)NCc1nc2ccccc2o1)n1cccn1. The minimum Gasteiger partial charge on any atom is -0.439 e. The predicted octanol–water partition coefficient (Wildman–Crippen LogP) is 2.76.